The second kappa shape index (κ2) is 5.12. The normalized spacial score (nSPS) is 10.6. The number of phenols is 1. The molecule has 0 bridgehead atoms. The largest absolute Gasteiger partial charge is 0.508 e. The van der Waals surface area contributed by atoms with Crippen molar-refractivity contribution in [2.45, 2.75) is 0 Å². The van der Waals surface area contributed by atoms with Crippen LogP contribution in [0.15, 0.2) is 58.8 Å². The van der Waals surface area contributed by atoms with E-state index in [-0.39, 0.29) is 5.75 Å². The second-order valence-electron chi connectivity index (χ2n) is 3.48. The summed E-state index contributed by atoms with van der Waals surface area (Å²) in [5.41, 5.74) is 2.41. The number of nitrogens with one attached hydrogen (secondary N) is 1. The number of benzene rings is 2. The first kappa shape index (κ1) is 11.1. The molecule has 0 heterocycles. The van der Waals surface area contributed by atoms with Gasteiger partial charge in [-0.05, 0) is 36.4 Å². The lowest BCUT2D eigenvalue weighted by atomic mass is 10.3. The lowest BCUT2D eigenvalue weighted by molar-refractivity contribution is 0.475. The highest BCUT2D eigenvalue weighted by atomic mass is 16.3. The molecule has 4 heteroatoms. The van der Waals surface area contributed by atoms with E-state index in [1.165, 1.54) is 0 Å². The van der Waals surface area contributed by atoms with Crippen molar-refractivity contribution in [1.82, 2.24) is 0 Å². The minimum atomic E-state index is 0.222. The second-order valence-corrected chi connectivity index (χ2v) is 3.48. The highest BCUT2D eigenvalue weighted by Gasteiger charge is 1.97. The quantitative estimate of drug-likeness (QED) is 0.782. The molecule has 17 heavy (non-hydrogen) atoms. The Hall–Kier alpha value is -2.36. The minimum absolute atomic E-state index is 0.222. The van der Waals surface area contributed by atoms with Gasteiger partial charge in [0.1, 0.15) is 11.4 Å². The first-order valence-electron chi connectivity index (χ1n) is 5.27. The van der Waals surface area contributed by atoms with Crippen LogP contribution in [-0.4, -0.2) is 12.2 Å². The zero-order valence-electron chi connectivity index (χ0n) is 9.46. The van der Waals surface area contributed by atoms with E-state index in [9.17, 15) is 0 Å². The van der Waals surface area contributed by atoms with E-state index < -0.39 is 0 Å². The Morgan fingerprint density at radius 2 is 1.65 bits per heavy atom. The number of aromatic hydroxyl groups is 1. The van der Waals surface area contributed by atoms with Crippen molar-refractivity contribution in [3.05, 3.63) is 48.5 Å². The summed E-state index contributed by atoms with van der Waals surface area (Å²) in [4.78, 5) is 0. The third-order valence-electron chi connectivity index (χ3n) is 2.30. The van der Waals surface area contributed by atoms with Crippen LogP contribution < -0.4 is 5.32 Å². The molecule has 0 spiro atoms. The fourth-order valence-corrected chi connectivity index (χ4v) is 1.40. The van der Waals surface area contributed by atoms with E-state index in [4.69, 9.17) is 5.11 Å². The average molecular weight is 227 g/mol. The maximum Gasteiger partial charge on any atom is 0.115 e. The molecule has 2 aromatic carbocycles. The van der Waals surface area contributed by atoms with Crippen molar-refractivity contribution in [2.24, 2.45) is 10.2 Å². The number of hydrogen-bond acceptors (Lipinski definition) is 4. The van der Waals surface area contributed by atoms with Crippen molar-refractivity contribution < 1.29 is 5.11 Å². The molecule has 4 nitrogen and oxygen atoms in total. The summed E-state index contributed by atoms with van der Waals surface area (Å²) in [5.74, 6) is 0.222. The van der Waals surface area contributed by atoms with Crippen LogP contribution in [0.25, 0.3) is 0 Å². The minimum Gasteiger partial charge on any atom is -0.508 e. The van der Waals surface area contributed by atoms with Gasteiger partial charge in [-0.1, -0.05) is 12.1 Å². The third kappa shape index (κ3) is 2.81. The molecule has 0 atom stereocenters. The number of rotatable bonds is 3. The molecule has 0 radical (unpaired) electrons. The summed E-state index contributed by atoms with van der Waals surface area (Å²) >= 11 is 0. The Balaban J connectivity index is 2.22. The van der Waals surface area contributed by atoms with Crippen molar-refractivity contribution in [1.29, 1.82) is 0 Å². The molecule has 86 valence electrons. The molecule has 0 aliphatic rings. The van der Waals surface area contributed by atoms with Gasteiger partial charge in [-0.2, -0.15) is 5.11 Å². The van der Waals surface area contributed by atoms with Gasteiger partial charge < -0.3 is 10.4 Å². The number of hydrogen-bond donors (Lipinski definition) is 2. The highest BCUT2D eigenvalue weighted by molar-refractivity contribution is 5.64. The highest BCUT2D eigenvalue weighted by Crippen LogP contribution is 2.26. The molecule has 0 amide bonds. The van der Waals surface area contributed by atoms with Crippen molar-refractivity contribution in [3.8, 4) is 5.75 Å². The molecule has 0 unspecified atom stereocenters. The third-order valence-corrected chi connectivity index (χ3v) is 2.30. The fraction of sp³-hybridized carbons (Fsp3) is 0.0769. The zero-order valence-corrected chi connectivity index (χ0v) is 9.46. The van der Waals surface area contributed by atoms with Gasteiger partial charge in [-0.25, -0.2) is 0 Å². The standard InChI is InChI=1S/C13H13N3O/c1-14-12-4-2-3-5-13(12)16-15-10-6-8-11(17)9-7-10/h2-9,14,17H,1H3. The molecular weight excluding hydrogens is 214 g/mol. The molecule has 0 aliphatic heterocycles. The van der Waals surface area contributed by atoms with Crippen LogP contribution in [0, 0.1) is 0 Å². The smallest absolute Gasteiger partial charge is 0.115 e. The summed E-state index contributed by atoms with van der Waals surface area (Å²) in [6.07, 6.45) is 0. The van der Waals surface area contributed by atoms with E-state index in [0.29, 0.717) is 5.69 Å². The fourth-order valence-electron chi connectivity index (χ4n) is 1.40. The van der Waals surface area contributed by atoms with Crippen LogP contribution in [0.2, 0.25) is 0 Å². The SMILES string of the molecule is CNc1ccccc1N=Nc1ccc(O)cc1. The van der Waals surface area contributed by atoms with Gasteiger partial charge in [0.25, 0.3) is 0 Å². The summed E-state index contributed by atoms with van der Waals surface area (Å²) in [6, 6.07) is 14.2. The molecular formula is C13H13N3O. The van der Waals surface area contributed by atoms with E-state index in [2.05, 4.69) is 15.5 Å². The van der Waals surface area contributed by atoms with Gasteiger partial charge in [0, 0.05) is 7.05 Å². The molecule has 0 saturated carbocycles. The van der Waals surface area contributed by atoms with Crippen LogP contribution in [0.5, 0.6) is 5.75 Å². The van der Waals surface area contributed by atoms with E-state index >= 15 is 0 Å². The Labute approximate surface area is 99.6 Å². The van der Waals surface area contributed by atoms with Crippen LogP contribution in [0.4, 0.5) is 17.1 Å². The van der Waals surface area contributed by atoms with E-state index in [1.807, 2.05) is 31.3 Å². The van der Waals surface area contributed by atoms with Gasteiger partial charge >= 0.3 is 0 Å². The molecule has 0 fully saturated rings. The van der Waals surface area contributed by atoms with Gasteiger partial charge in [-0.15, -0.1) is 5.11 Å². The predicted molar refractivity (Wildman–Crippen MR) is 68.3 cm³/mol. The number of phenolic OH excluding ortho intramolecular Hbond substituents is 1. The van der Waals surface area contributed by atoms with Crippen LogP contribution in [0.3, 0.4) is 0 Å². The van der Waals surface area contributed by atoms with Crippen molar-refractivity contribution in [3.63, 3.8) is 0 Å². The Morgan fingerprint density at radius 1 is 0.941 bits per heavy atom. The first-order valence-corrected chi connectivity index (χ1v) is 5.27. The monoisotopic (exact) mass is 227 g/mol. The lowest BCUT2D eigenvalue weighted by Gasteiger charge is -2.02. The van der Waals surface area contributed by atoms with Crippen LogP contribution in [-0.2, 0) is 0 Å². The van der Waals surface area contributed by atoms with Crippen molar-refractivity contribution in [2.75, 3.05) is 12.4 Å². The number of anilines is 1. The maximum atomic E-state index is 9.14. The molecule has 2 aromatic rings. The number of nitrogens with zero attached hydrogens (tertiary/aromatic N) is 2. The average Bonchev–Trinajstić information content (AvgIpc) is 2.38. The number of para-hydroxylation sites is 1. The molecule has 2 rings (SSSR count). The first-order chi connectivity index (χ1) is 8.29. The summed E-state index contributed by atoms with van der Waals surface area (Å²) < 4.78 is 0. The lowest BCUT2D eigenvalue weighted by Crippen LogP contribution is -1.86. The molecule has 2 N–H and O–H groups in total. The Morgan fingerprint density at radius 3 is 2.35 bits per heavy atom. The van der Waals surface area contributed by atoms with Gasteiger partial charge in [0.15, 0.2) is 0 Å². The topological polar surface area (TPSA) is 57.0 Å². The van der Waals surface area contributed by atoms with Gasteiger partial charge in [-0.3, -0.25) is 0 Å². The van der Waals surface area contributed by atoms with Gasteiger partial charge in [0.2, 0.25) is 0 Å². The van der Waals surface area contributed by atoms with E-state index in [0.717, 1.165) is 11.4 Å². The van der Waals surface area contributed by atoms with Crippen molar-refractivity contribution >= 4 is 17.1 Å². The van der Waals surface area contributed by atoms with E-state index in [1.54, 1.807) is 24.3 Å². The molecule has 0 saturated heterocycles. The maximum absolute atomic E-state index is 9.14. The predicted octanol–water partition coefficient (Wildman–Crippen LogP) is 3.85. The summed E-state index contributed by atoms with van der Waals surface area (Å²) in [6.45, 7) is 0. The Bertz CT molecular complexity index is 520. The summed E-state index contributed by atoms with van der Waals surface area (Å²) in [7, 11) is 1.84. The number of azo groups is 1. The molecule has 0 aliphatic carbocycles. The molecule has 0 aromatic heterocycles. The van der Waals surface area contributed by atoms with Crippen LogP contribution in [0.1, 0.15) is 0 Å². The van der Waals surface area contributed by atoms with Crippen LogP contribution >= 0.6 is 0 Å². The Kier molecular flexibility index (Phi) is 3.35. The summed E-state index contributed by atoms with van der Waals surface area (Å²) in [5, 5.41) is 20.4. The van der Waals surface area contributed by atoms with Gasteiger partial charge in [0.05, 0.1) is 11.4 Å². The zero-order chi connectivity index (χ0) is 12.1.